The number of nitrogens with zero attached hydrogens (tertiary/aromatic N) is 1. The zero-order valence-corrected chi connectivity index (χ0v) is 30.0. The quantitative estimate of drug-likeness (QED) is 0.358. The van der Waals surface area contributed by atoms with Crippen molar-refractivity contribution < 1.29 is 29.2 Å². The van der Waals surface area contributed by atoms with E-state index in [-0.39, 0.29) is 35.9 Å². The molecule has 8 rings (SSSR count). The molecule has 12 atom stereocenters. The van der Waals surface area contributed by atoms with Crippen LogP contribution in [0.5, 0.6) is 0 Å². The number of amides is 1. The molecule has 0 aromatic carbocycles. The Bertz CT molecular complexity index is 1200. The Balaban J connectivity index is 0.925. The number of aliphatic hydroxyl groups is 2. The van der Waals surface area contributed by atoms with Crippen LogP contribution in [0.2, 0.25) is 0 Å². The van der Waals surface area contributed by atoms with Gasteiger partial charge in [-0.1, -0.05) is 20.8 Å². The lowest BCUT2D eigenvalue weighted by Crippen LogP contribution is -2.56. The third kappa shape index (κ3) is 5.22. The zero-order valence-electron chi connectivity index (χ0n) is 30.0. The highest BCUT2D eigenvalue weighted by molar-refractivity contribution is 5.76. The topological polar surface area (TPSA) is 100 Å². The predicted octanol–water partition coefficient (Wildman–Crippen LogP) is 5.28. The fraction of sp³-hybridized carbons (Fsp3) is 0.974. The molecule has 3 N–H and O–H groups in total. The normalized spacial score (nSPS) is 48.4. The highest BCUT2D eigenvalue weighted by Crippen LogP contribution is 2.87. The van der Waals surface area contributed by atoms with Gasteiger partial charge in [0.05, 0.1) is 37.1 Å². The van der Waals surface area contributed by atoms with Crippen molar-refractivity contribution in [3.05, 3.63) is 0 Å². The van der Waals surface area contributed by atoms with Gasteiger partial charge in [-0.25, -0.2) is 0 Å². The molecule has 8 heteroatoms. The first kappa shape index (κ1) is 33.4. The van der Waals surface area contributed by atoms with Crippen LogP contribution < -0.4 is 5.32 Å². The molecule has 1 amide bonds. The minimum atomic E-state index is -1.14. The molecule has 8 aliphatic rings. The van der Waals surface area contributed by atoms with Gasteiger partial charge >= 0.3 is 0 Å². The summed E-state index contributed by atoms with van der Waals surface area (Å²) in [5.41, 5.74) is 0.177. The number of ether oxygens (including phenoxy) is 3. The van der Waals surface area contributed by atoms with Crippen molar-refractivity contribution in [1.29, 1.82) is 0 Å². The molecule has 0 bridgehead atoms. The highest BCUT2D eigenvalue weighted by Gasteiger charge is 2.80. The van der Waals surface area contributed by atoms with Gasteiger partial charge < -0.3 is 34.6 Å². The number of piperidine rings is 1. The van der Waals surface area contributed by atoms with Gasteiger partial charge in [-0.15, -0.1) is 0 Å². The van der Waals surface area contributed by atoms with Crippen molar-refractivity contribution in [2.24, 2.45) is 51.2 Å². The molecule has 2 spiro atoms. The molecule has 8 unspecified atom stereocenters. The molecule has 0 aromatic heterocycles. The third-order valence-electron chi connectivity index (χ3n) is 16.3. The van der Waals surface area contributed by atoms with E-state index in [1.54, 1.807) is 13.8 Å². The molecular formula is C39H64N2O6. The Morgan fingerprint density at radius 1 is 0.979 bits per heavy atom. The minimum Gasteiger partial charge on any atom is -0.388 e. The van der Waals surface area contributed by atoms with E-state index in [1.807, 2.05) is 4.90 Å². The van der Waals surface area contributed by atoms with Crippen LogP contribution in [0.1, 0.15) is 118 Å². The number of aliphatic hydroxyl groups excluding tert-OH is 1. The van der Waals surface area contributed by atoms with E-state index in [0.29, 0.717) is 66.0 Å². The summed E-state index contributed by atoms with van der Waals surface area (Å²) in [6.45, 7) is 14.8. The van der Waals surface area contributed by atoms with E-state index in [0.717, 1.165) is 57.5 Å². The van der Waals surface area contributed by atoms with Gasteiger partial charge in [-0.2, -0.15) is 0 Å². The second-order valence-corrected chi connectivity index (χ2v) is 19.1. The number of carbonyl (C=O) groups is 1. The summed E-state index contributed by atoms with van der Waals surface area (Å²) in [5, 5.41) is 24.8. The van der Waals surface area contributed by atoms with E-state index in [1.165, 1.54) is 38.5 Å². The summed E-state index contributed by atoms with van der Waals surface area (Å²) in [5.74, 6) is 3.50. The second-order valence-electron chi connectivity index (χ2n) is 19.1. The van der Waals surface area contributed by atoms with Gasteiger partial charge in [0, 0.05) is 13.0 Å². The fourth-order valence-electron chi connectivity index (χ4n) is 13.8. The molecule has 5 saturated carbocycles. The molecule has 0 aromatic rings. The van der Waals surface area contributed by atoms with Gasteiger partial charge in [-0.05, 0) is 155 Å². The monoisotopic (exact) mass is 656 g/mol. The Morgan fingerprint density at radius 2 is 1.74 bits per heavy atom. The zero-order chi connectivity index (χ0) is 33.0. The van der Waals surface area contributed by atoms with E-state index >= 15 is 0 Å². The lowest BCUT2D eigenvalue weighted by atomic mass is 9.46. The molecule has 3 heterocycles. The van der Waals surface area contributed by atoms with Crippen molar-refractivity contribution in [2.75, 3.05) is 32.8 Å². The van der Waals surface area contributed by atoms with E-state index < -0.39 is 11.7 Å². The standard InChI is InChI=1S/C39H64N2O6/c1-35(2)30-9-7-25-27-21-29-26(6-8-28(46-29)34(43)36(3,4)44)37(27,5)14-15-38(25)23-39(30,38)13-10-31(35)47-33-22-41(18-19-45-33)32(42)20-24-11-16-40-17-12-24/h24-31,33-34,40,43-44H,6-23H2,1-5H3/t25?,26?,27?,28?,29?,30?,31-,33?,34-,37+,38-,39?/m0/s1. The van der Waals surface area contributed by atoms with Crippen molar-refractivity contribution in [3.63, 3.8) is 0 Å². The van der Waals surface area contributed by atoms with Crippen molar-refractivity contribution >= 4 is 5.91 Å². The molecule has 8 fully saturated rings. The van der Waals surface area contributed by atoms with Gasteiger partial charge in [0.25, 0.3) is 0 Å². The number of nitrogens with one attached hydrogen (secondary N) is 1. The van der Waals surface area contributed by atoms with Crippen LogP contribution in [0.4, 0.5) is 0 Å². The van der Waals surface area contributed by atoms with E-state index in [9.17, 15) is 15.0 Å². The first-order valence-corrected chi connectivity index (χ1v) is 19.6. The van der Waals surface area contributed by atoms with Crippen LogP contribution in [0, 0.1) is 51.2 Å². The molecule has 3 saturated heterocycles. The second kappa shape index (κ2) is 11.6. The van der Waals surface area contributed by atoms with Gasteiger partial charge in [-0.3, -0.25) is 4.79 Å². The summed E-state index contributed by atoms with van der Waals surface area (Å²) >= 11 is 0. The summed E-state index contributed by atoms with van der Waals surface area (Å²) in [4.78, 5) is 15.3. The Morgan fingerprint density at radius 3 is 2.51 bits per heavy atom. The van der Waals surface area contributed by atoms with Crippen LogP contribution >= 0.6 is 0 Å². The minimum absolute atomic E-state index is 0.0748. The SMILES string of the molecule is CC(C)(O)[C@@H](O)C1CCC2C(CC3C4CCC5C(C)(C)[C@@H](OC6CN(C(=O)CC7CCNCC7)CCO6)CCC56C[C@@]46CC[C@]23C)O1. The summed E-state index contributed by atoms with van der Waals surface area (Å²) in [6, 6.07) is 0. The number of morpholine rings is 1. The van der Waals surface area contributed by atoms with Crippen LogP contribution in [0.15, 0.2) is 0 Å². The summed E-state index contributed by atoms with van der Waals surface area (Å²) in [7, 11) is 0. The molecule has 47 heavy (non-hydrogen) atoms. The molecule has 3 aliphatic heterocycles. The van der Waals surface area contributed by atoms with Gasteiger partial charge in [0.2, 0.25) is 5.91 Å². The maximum Gasteiger partial charge on any atom is 0.223 e. The molecule has 266 valence electrons. The van der Waals surface area contributed by atoms with Crippen LogP contribution in [-0.2, 0) is 19.0 Å². The highest BCUT2D eigenvalue weighted by atomic mass is 16.7. The molecular weight excluding hydrogens is 592 g/mol. The Kier molecular flexibility index (Phi) is 8.26. The smallest absolute Gasteiger partial charge is 0.223 e. The first-order chi connectivity index (χ1) is 22.3. The molecule has 0 radical (unpaired) electrons. The maximum atomic E-state index is 13.2. The molecule has 8 nitrogen and oxygen atoms in total. The average molecular weight is 657 g/mol. The van der Waals surface area contributed by atoms with Crippen LogP contribution in [-0.4, -0.2) is 90.1 Å². The predicted molar refractivity (Wildman–Crippen MR) is 179 cm³/mol. The number of fused-ring (bicyclic) bond motifs is 4. The third-order valence-corrected chi connectivity index (χ3v) is 16.3. The summed E-state index contributed by atoms with van der Waals surface area (Å²) < 4.78 is 19.8. The van der Waals surface area contributed by atoms with Gasteiger partial charge in [0.15, 0.2) is 6.29 Å². The van der Waals surface area contributed by atoms with Crippen LogP contribution in [0.25, 0.3) is 0 Å². The Hall–Kier alpha value is -0.770. The number of hydrogen-bond acceptors (Lipinski definition) is 7. The lowest BCUT2D eigenvalue weighted by molar-refractivity contribution is -0.244. The van der Waals surface area contributed by atoms with Crippen molar-refractivity contribution in [3.8, 4) is 0 Å². The van der Waals surface area contributed by atoms with Crippen molar-refractivity contribution in [1.82, 2.24) is 10.2 Å². The number of hydrogen-bond donors (Lipinski definition) is 3. The average Bonchev–Trinajstić information content (AvgIpc) is 3.62. The maximum absolute atomic E-state index is 13.2. The van der Waals surface area contributed by atoms with Crippen molar-refractivity contribution in [2.45, 2.75) is 154 Å². The summed E-state index contributed by atoms with van der Waals surface area (Å²) in [6.07, 6.45) is 13.9. The van der Waals surface area contributed by atoms with Crippen LogP contribution in [0.3, 0.4) is 0 Å². The number of rotatable bonds is 6. The van der Waals surface area contributed by atoms with E-state index in [2.05, 4.69) is 26.1 Å². The fourth-order valence-corrected chi connectivity index (χ4v) is 13.8. The molecule has 5 aliphatic carbocycles. The van der Waals surface area contributed by atoms with Gasteiger partial charge in [0.1, 0.15) is 6.10 Å². The first-order valence-electron chi connectivity index (χ1n) is 19.6. The Labute approximate surface area is 283 Å². The number of carbonyl (C=O) groups excluding carboxylic acids is 1. The largest absolute Gasteiger partial charge is 0.388 e. The van der Waals surface area contributed by atoms with E-state index in [4.69, 9.17) is 14.2 Å². The lowest BCUT2D eigenvalue weighted by Gasteiger charge is -2.60.